The second kappa shape index (κ2) is 5.64. The molecule has 0 aliphatic heterocycles. The lowest BCUT2D eigenvalue weighted by molar-refractivity contribution is 0.117. The molecule has 108 valence electrons. The van der Waals surface area contributed by atoms with Gasteiger partial charge in [0.2, 0.25) is 0 Å². The van der Waals surface area contributed by atoms with Gasteiger partial charge in [0.25, 0.3) is 0 Å². The SMILES string of the molecule is CCC[C@H]1C[C@]1(CCCO)O[Si](C)(C)C(C)(C)C. The lowest BCUT2D eigenvalue weighted by Crippen LogP contribution is -2.45. The summed E-state index contributed by atoms with van der Waals surface area (Å²) >= 11 is 0. The molecule has 0 aromatic rings. The highest BCUT2D eigenvalue weighted by molar-refractivity contribution is 6.74. The zero-order valence-electron chi connectivity index (χ0n) is 13.2. The van der Waals surface area contributed by atoms with Crippen molar-refractivity contribution in [2.24, 2.45) is 5.92 Å². The van der Waals surface area contributed by atoms with Gasteiger partial charge in [0.1, 0.15) is 0 Å². The summed E-state index contributed by atoms with van der Waals surface area (Å²) in [6.07, 6.45) is 5.66. The fraction of sp³-hybridized carbons (Fsp3) is 1.00. The fourth-order valence-electron chi connectivity index (χ4n) is 2.59. The molecule has 0 radical (unpaired) electrons. The van der Waals surface area contributed by atoms with Gasteiger partial charge >= 0.3 is 0 Å². The molecule has 0 bridgehead atoms. The molecule has 1 aliphatic carbocycles. The van der Waals surface area contributed by atoms with Crippen molar-refractivity contribution in [2.75, 3.05) is 6.61 Å². The van der Waals surface area contributed by atoms with Gasteiger partial charge in [0.15, 0.2) is 8.32 Å². The predicted octanol–water partition coefficient (Wildman–Crippen LogP) is 4.34. The van der Waals surface area contributed by atoms with Crippen LogP contribution in [-0.4, -0.2) is 25.6 Å². The number of rotatable bonds is 7. The van der Waals surface area contributed by atoms with Crippen LogP contribution in [0.15, 0.2) is 0 Å². The Bertz CT molecular complexity index is 270. The van der Waals surface area contributed by atoms with E-state index in [-0.39, 0.29) is 10.6 Å². The van der Waals surface area contributed by atoms with Gasteiger partial charge in [-0.2, -0.15) is 0 Å². The molecule has 2 atom stereocenters. The molecule has 0 heterocycles. The summed E-state index contributed by atoms with van der Waals surface area (Å²) in [5.41, 5.74) is 0.113. The molecular formula is C15H32O2Si. The van der Waals surface area contributed by atoms with Crippen LogP contribution < -0.4 is 0 Å². The maximum absolute atomic E-state index is 9.09. The van der Waals surface area contributed by atoms with E-state index in [1.165, 1.54) is 19.3 Å². The Morgan fingerprint density at radius 3 is 2.39 bits per heavy atom. The van der Waals surface area contributed by atoms with Crippen molar-refractivity contribution in [1.29, 1.82) is 0 Å². The summed E-state index contributed by atoms with van der Waals surface area (Å²) < 4.78 is 6.70. The molecule has 1 saturated carbocycles. The number of hydrogen-bond donors (Lipinski definition) is 1. The van der Waals surface area contributed by atoms with E-state index in [1.54, 1.807) is 0 Å². The first-order valence-corrected chi connectivity index (χ1v) is 10.4. The molecule has 0 aromatic carbocycles. The van der Waals surface area contributed by atoms with Crippen LogP contribution in [0.1, 0.15) is 59.8 Å². The summed E-state index contributed by atoms with van der Waals surface area (Å²) in [5.74, 6) is 0.739. The van der Waals surface area contributed by atoms with Crippen molar-refractivity contribution in [3.8, 4) is 0 Å². The summed E-state index contributed by atoms with van der Waals surface area (Å²) in [5, 5.41) is 9.36. The maximum Gasteiger partial charge on any atom is 0.192 e. The van der Waals surface area contributed by atoms with Crippen molar-refractivity contribution in [1.82, 2.24) is 0 Å². The van der Waals surface area contributed by atoms with Crippen LogP contribution >= 0.6 is 0 Å². The van der Waals surface area contributed by atoms with E-state index in [4.69, 9.17) is 9.53 Å². The van der Waals surface area contributed by atoms with E-state index in [2.05, 4.69) is 40.8 Å². The van der Waals surface area contributed by atoms with Crippen molar-refractivity contribution in [2.45, 2.75) is 83.5 Å². The Morgan fingerprint density at radius 1 is 1.33 bits per heavy atom. The Hall–Kier alpha value is 0.137. The Kier molecular flexibility index (Phi) is 5.07. The standard InChI is InChI=1S/C15H32O2Si/c1-7-9-13-12-15(13,10-8-11-16)17-18(5,6)14(2,3)4/h13,16H,7-12H2,1-6H3/t13-,15-/m0/s1. The minimum absolute atomic E-state index is 0.113. The maximum atomic E-state index is 9.09. The third kappa shape index (κ3) is 3.58. The van der Waals surface area contributed by atoms with Gasteiger partial charge in [-0.25, -0.2) is 0 Å². The van der Waals surface area contributed by atoms with Crippen molar-refractivity contribution in [3.63, 3.8) is 0 Å². The molecule has 2 nitrogen and oxygen atoms in total. The highest BCUT2D eigenvalue weighted by Crippen LogP contribution is 2.56. The van der Waals surface area contributed by atoms with Crippen LogP contribution in [0, 0.1) is 5.92 Å². The van der Waals surface area contributed by atoms with E-state index in [0.29, 0.717) is 6.61 Å². The third-order valence-corrected chi connectivity index (χ3v) is 9.36. The van der Waals surface area contributed by atoms with E-state index in [0.717, 1.165) is 18.8 Å². The van der Waals surface area contributed by atoms with Crippen LogP contribution in [-0.2, 0) is 4.43 Å². The minimum Gasteiger partial charge on any atom is -0.411 e. The summed E-state index contributed by atoms with van der Waals surface area (Å²) in [4.78, 5) is 0. The zero-order chi connectivity index (χ0) is 14.0. The molecule has 1 N–H and O–H groups in total. The normalized spacial score (nSPS) is 28.5. The molecule has 0 spiro atoms. The Balaban J connectivity index is 2.70. The van der Waals surface area contributed by atoms with Gasteiger partial charge in [-0.05, 0) is 49.7 Å². The van der Waals surface area contributed by atoms with Crippen LogP contribution in [0.3, 0.4) is 0 Å². The lowest BCUT2D eigenvalue weighted by atomic mass is 10.1. The average Bonchev–Trinajstić information content (AvgIpc) is 2.87. The Morgan fingerprint density at radius 2 is 1.94 bits per heavy atom. The van der Waals surface area contributed by atoms with Crippen molar-refractivity contribution >= 4 is 8.32 Å². The van der Waals surface area contributed by atoms with Gasteiger partial charge in [-0.15, -0.1) is 0 Å². The fourth-order valence-corrected chi connectivity index (χ4v) is 4.27. The van der Waals surface area contributed by atoms with Crippen LogP contribution in [0.25, 0.3) is 0 Å². The predicted molar refractivity (Wildman–Crippen MR) is 80.3 cm³/mol. The number of aliphatic hydroxyl groups excluding tert-OH is 1. The van der Waals surface area contributed by atoms with Crippen LogP contribution in [0.5, 0.6) is 0 Å². The Labute approximate surface area is 114 Å². The van der Waals surface area contributed by atoms with Crippen LogP contribution in [0.4, 0.5) is 0 Å². The summed E-state index contributed by atoms with van der Waals surface area (Å²) in [6, 6.07) is 0. The van der Waals surface area contributed by atoms with Gasteiger partial charge in [-0.1, -0.05) is 34.1 Å². The molecule has 1 fully saturated rings. The first-order chi connectivity index (χ1) is 8.18. The van der Waals surface area contributed by atoms with Crippen molar-refractivity contribution < 1.29 is 9.53 Å². The molecule has 1 aliphatic rings. The van der Waals surface area contributed by atoms with E-state index < -0.39 is 8.32 Å². The molecule has 1 rings (SSSR count). The second-order valence-corrected chi connectivity index (χ2v) is 12.2. The van der Waals surface area contributed by atoms with E-state index in [1.807, 2.05) is 0 Å². The topological polar surface area (TPSA) is 29.5 Å². The quantitative estimate of drug-likeness (QED) is 0.699. The smallest absolute Gasteiger partial charge is 0.192 e. The lowest BCUT2D eigenvalue weighted by Gasteiger charge is -2.40. The van der Waals surface area contributed by atoms with Crippen molar-refractivity contribution in [3.05, 3.63) is 0 Å². The molecule has 0 unspecified atom stereocenters. The molecule has 18 heavy (non-hydrogen) atoms. The first kappa shape index (κ1) is 16.2. The molecule has 3 heteroatoms. The molecule has 0 aromatic heterocycles. The summed E-state index contributed by atoms with van der Waals surface area (Å²) in [6.45, 7) is 14.1. The minimum atomic E-state index is -1.68. The van der Waals surface area contributed by atoms with Crippen LogP contribution in [0.2, 0.25) is 18.1 Å². The molecular weight excluding hydrogens is 240 g/mol. The number of aliphatic hydroxyl groups is 1. The van der Waals surface area contributed by atoms with E-state index >= 15 is 0 Å². The summed E-state index contributed by atoms with van der Waals surface area (Å²) in [7, 11) is -1.68. The van der Waals surface area contributed by atoms with E-state index in [9.17, 15) is 0 Å². The first-order valence-electron chi connectivity index (χ1n) is 7.49. The largest absolute Gasteiger partial charge is 0.411 e. The van der Waals surface area contributed by atoms with Gasteiger partial charge in [0, 0.05) is 6.61 Å². The monoisotopic (exact) mass is 272 g/mol. The highest BCUT2D eigenvalue weighted by Gasteiger charge is 2.57. The molecule has 0 amide bonds. The van der Waals surface area contributed by atoms with Gasteiger partial charge < -0.3 is 9.53 Å². The molecule has 0 saturated heterocycles. The highest BCUT2D eigenvalue weighted by atomic mass is 28.4. The third-order valence-electron chi connectivity index (χ3n) is 4.84. The second-order valence-electron chi connectivity index (χ2n) is 7.44. The van der Waals surface area contributed by atoms with Gasteiger partial charge in [-0.3, -0.25) is 0 Å². The van der Waals surface area contributed by atoms with Gasteiger partial charge in [0.05, 0.1) is 5.60 Å². The number of hydrogen-bond acceptors (Lipinski definition) is 2. The zero-order valence-corrected chi connectivity index (χ0v) is 14.2. The average molecular weight is 273 g/mol.